The van der Waals surface area contributed by atoms with E-state index >= 15 is 0 Å². The second kappa shape index (κ2) is 6.20. The van der Waals surface area contributed by atoms with Gasteiger partial charge in [-0.3, -0.25) is 0 Å². The number of rotatable bonds is 4. The molecule has 24 heavy (non-hydrogen) atoms. The van der Waals surface area contributed by atoms with Gasteiger partial charge >= 0.3 is 5.97 Å². The molecular formula is C19H16N2O3. The first-order valence-electron chi connectivity index (χ1n) is 7.81. The van der Waals surface area contributed by atoms with Gasteiger partial charge in [0, 0.05) is 18.8 Å². The van der Waals surface area contributed by atoms with Gasteiger partial charge in [0.05, 0.1) is 17.9 Å². The maximum absolute atomic E-state index is 12.2. The molecule has 0 aliphatic carbocycles. The van der Waals surface area contributed by atoms with Gasteiger partial charge in [0.2, 0.25) is 0 Å². The second-order valence-electron chi connectivity index (χ2n) is 5.61. The number of carbonyl (C=O) groups is 1. The predicted octanol–water partition coefficient (Wildman–Crippen LogP) is 3.16. The Hall–Kier alpha value is -3.08. The molecule has 1 aliphatic rings. The van der Waals surface area contributed by atoms with Crippen LogP contribution >= 0.6 is 0 Å². The standard InChI is InChI=1S/C19H16N2O3/c22-19(16-4-7-18-15(12-16)8-11-23-18)24-13-14-2-5-17(6-3-14)21-10-1-9-20-21/h1-7,9-10,12H,8,11,13H2. The lowest BCUT2D eigenvalue weighted by Crippen LogP contribution is -2.05. The van der Waals surface area contributed by atoms with Crippen LogP contribution in [0.5, 0.6) is 5.75 Å². The van der Waals surface area contributed by atoms with Gasteiger partial charge in [-0.15, -0.1) is 0 Å². The van der Waals surface area contributed by atoms with Gasteiger partial charge in [-0.25, -0.2) is 9.48 Å². The van der Waals surface area contributed by atoms with Gasteiger partial charge in [-0.05, 0) is 47.5 Å². The Morgan fingerprint density at radius 2 is 2.08 bits per heavy atom. The van der Waals surface area contributed by atoms with Crippen molar-refractivity contribution >= 4 is 5.97 Å². The SMILES string of the molecule is O=C(OCc1ccc(-n2cccn2)cc1)c1ccc2c(c1)CCO2. The van der Waals surface area contributed by atoms with E-state index in [1.54, 1.807) is 16.9 Å². The summed E-state index contributed by atoms with van der Waals surface area (Å²) in [5, 5.41) is 4.18. The number of aromatic nitrogens is 2. The lowest BCUT2D eigenvalue weighted by Gasteiger charge is -2.07. The van der Waals surface area contributed by atoms with Gasteiger partial charge in [-0.2, -0.15) is 5.10 Å². The minimum Gasteiger partial charge on any atom is -0.493 e. The summed E-state index contributed by atoms with van der Waals surface area (Å²) in [5.74, 6) is 0.543. The van der Waals surface area contributed by atoms with E-state index in [0.29, 0.717) is 12.2 Å². The maximum Gasteiger partial charge on any atom is 0.338 e. The molecule has 0 radical (unpaired) electrons. The van der Waals surface area contributed by atoms with Crippen LogP contribution in [0.25, 0.3) is 5.69 Å². The third-order valence-electron chi connectivity index (χ3n) is 4.00. The van der Waals surface area contributed by atoms with E-state index in [4.69, 9.17) is 9.47 Å². The fourth-order valence-corrected chi connectivity index (χ4v) is 2.71. The lowest BCUT2D eigenvalue weighted by atomic mass is 10.1. The zero-order chi connectivity index (χ0) is 16.4. The molecule has 0 saturated carbocycles. The van der Waals surface area contributed by atoms with Crippen molar-refractivity contribution in [3.63, 3.8) is 0 Å². The first-order chi connectivity index (χ1) is 11.8. The molecule has 120 valence electrons. The number of nitrogens with zero attached hydrogens (tertiary/aromatic N) is 2. The van der Waals surface area contributed by atoms with Crippen LogP contribution in [-0.2, 0) is 17.8 Å². The molecule has 1 aliphatic heterocycles. The van der Waals surface area contributed by atoms with E-state index in [1.807, 2.05) is 48.7 Å². The highest BCUT2D eigenvalue weighted by Gasteiger charge is 2.15. The Morgan fingerprint density at radius 3 is 2.88 bits per heavy atom. The van der Waals surface area contributed by atoms with Gasteiger partial charge < -0.3 is 9.47 Å². The topological polar surface area (TPSA) is 53.4 Å². The van der Waals surface area contributed by atoms with Crippen LogP contribution in [0.15, 0.2) is 60.9 Å². The highest BCUT2D eigenvalue weighted by molar-refractivity contribution is 5.90. The third-order valence-corrected chi connectivity index (χ3v) is 4.00. The second-order valence-corrected chi connectivity index (χ2v) is 5.61. The minimum absolute atomic E-state index is 0.242. The summed E-state index contributed by atoms with van der Waals surface area (Å²) in [7, 11) is 0. The van der Waals surface area contributed by atoms with Crippen LogP contribution in [0, 0.1) is 0 Å². The van der Waals surface area contributed by atoms with E-state index < -0.39 is 0 Å². The zero-order valence-electron chi connectivity index (χ0n) is 13.0. The molecule has 0 unspecified atom stereocenters. The first kappa shape index (κ1) is 14.5. The molecule has 0 atom stereocenters. The number of hydrogen-bond acceptors (Lipinski definition) is 4. The van der Waals surface area contributed by atoms with Crippen molar-refractivity contribution in [2.75, 3.05) is 6.61 Å². The number of benzene rings is 2. The number of fused-ring (bicyclic) bond motifs is 1. The predicted molar refractivity (Wildman–Crippen MR) is 88.3 cm³/mol. The van der Waals surface area contributed by atoms with E-state index in [0.717, 1.165) is 29.0 Å². The summed E-state index contributed by atoms with van der Waals surface area (Å²) in [4.78, 5) is 12.2. The molecule has 3 aromatic rings. The zero-order valence-corrected chi connectivity index (χ0v) is 13.0. The largest absolute Gasteiger partial charge is 0.493 e. The summed E-state index contributed by atoms with van der Waals surface area (Å²) in [6.45, 7) is 0.919. The van der Waals surface area contributed by atoms with Gasteiger partial charge in [0.25, 0.3) is 0 Å². The van der Waals surface area contributed by atoms with Gasteiger partial charge in [0.15, 0.2) is 0 Å². The summed E-state index contributed by atoms with van der Waals surface area (Å²) in [5.41, 5.74) is 3.53. The Labute approximate surface area is 139 Å². The van der Waals surface area contributed by atoms with Gasteiger partial charge in [-0.1, -0.05) is 12.1 Å². The maximum atomic E-state index is 12.2. The van der Waals surface area contributed by atoms with Crippen molar-refractivity contribution < 1.29 is 14.3 Å². The molecule has 4 rings (SSSR count). The molecule has 0 N–H and O–H groups in total. The van der Waals surface area contributed by atoms with Crippen molar-refractivity contribution in [3.05, 3.63) is 77.6 Å². The van der Waals surface area contributed by atoms with Crippen molar-refractivity contribution in [2.45, 2.75) is 13.0 Å². The highest BCUT2D eigenvalue weighted by Crippen LogP contribution is 2.26. The monoisotopic (exact) mass is 320 g/mol. The molecule has 0 amide bonds. The van der Waals surface area contributed by atoms with E-state index in [1.165, 1.54) is 0 Å². The van der Waals surface area contributed by atoms with E-state index in [9.17, 15) is 4.79 Å². The average Bonchev–Trinajstić information content (AvgIpc) is 3.30. The summed E-state index contributed by atoms with van der Waals surface area (Å²) in [6, 6.07) is 15.1. The molecular weight excluding hydrogens is 304 g/mol. The molecule has 0 fully saturated rings. The van der Waals surface area contributed by atoms with E-state index in [2.05, 4.69) is 5.10 Å². The quantitative estimate of drug-likeness (QED) is 0.693. The Kier molecular flexibility index (Phi) is 3.75. The first-order valence-corrected chi connectivity index (χ1v) is 7.81. The lowest BCUT2D eigenvalue weighted by molar-refractivity contribution is 0.0472. The molecule has 2 aromatic carbocycles. The number of carbonyl (C=O) groups excluding carboxylic acids is 1. The molecule has 5 nitrogen and oxygen atoms in total. The summed E-state index contributed by atoms with van der Waals surface area (Å²) >= 11 is 0. The summed E-state index contributed by atoms with van der Waals surface area (Å²) in [6.07, 6.45) is 4.45. The minimum atomic E-state index is -0.319. The third kappa shape index (κ3) is 2.88. The van der Waals surface area contributed by atoms with Crippen LogP contribution in [0.4, 0.5) is 0 Å². The Bertz CT molecular complexity index is 855. The van der Waals surface area contributed by atoms with Gasteiger partial charge in [0.1, 0.15) is 12.4 Å². The highest BCUT2D eigenvalue weighted by atomic mass is 16.5. The van der Waals surface area contributed by atoms with E-state index in [-0.39, 0.29) is 12.6 Å². The number of ether oxygens (including phenoxy) is 2. The van der Waals surface area contributed by atoms with Crippen LogP contribution in [0.1, 0.15) is 21.5 Å². The number of hydrogen-bond donors (Lipinski definition) is 0. The average molecular weight is 320 g/mol. The molecule has 2 heterocycles. The fourth-order valence-electron chi connectivity index (χ4n) is 2.71. The van der Waals surface area contributed by atoms with Crippen LogP contribution in [-0.4, -0.2) is 22.4 Å². The molecule has 0 bridgehead atoms. The van der Waals surface area contributed by atoms with Crippen molar-refractivity contribution in [3.8, 4) is 11.4 Å². The summed E-state index contributed by atoms with van der Waals surface area (Å²) < 4.78 is 12.6. The Balaban J connectivity index is 1.40. The van der Waals surface area contributed by atoms with Crippen molar-refractivity contribution in [1.29, 1.82) is 0 Å². The number of esters is 1. The smallest absolute Gasteiger partial charge is 0.338 e. The van der Waals surface area contributed by atoms with Crippen LogP contribution in [0.2, 0.25) is 0 Å². The van der Waals surface area contributed by atoms with Crippen molar-refractivity contribution in [1.82, 2.24) is 9.78 Å². The molecule has 0 saturated heterocycles. The molecule has 1 aromatic heterocycles. The Morgan fingerprint density at radius 1 is 1.21 bits per heavy atom. The van der Waals surface area contributed by atoms with Crippen LogP contribution in [0.3, 0.4) is 0 Å². The van der Waals surface area contributed by atoms with Crippen molar-refractivity contribution in [2.24, 2.45) is 0 Å². The molecule has 5 heteroatoms. The normalized spacial score (nSPS) is 12.5. The van der Waals surface area contributed by atoms with Crippen LogP contribution < -0.4 is 4.74 Å². The molecule has 0 spiro atoms. The fraction of sp³-hybridized carbons (Fsp3) is 0.158.